The molecule has 0 saturated carbocycles. The van der Waals surface area contributed by atoms with Gasteiger partial charge in [-0.15, -0.1) is 0 Å². The molecular weight excluding hydrogens is 391 g/mol. The van der Waals surface area contributed by atoms with Crippen LogP contribution in [0, 0.1) is 5.82 Å². The molecule has 148 valence electrons. The number of ketones is 1. The number of carbonyl (C=O) groups is 2. The van der Waals surface area contributed by atoms with Crippen LogP contribution in [-0.4, -0.2) is 18.5 Å². The summed E-state index contributed by atoms with van der Waals surface area (Å²) in [7, 11) is 0. The Balaban J connectivity index is 1.37. The molecule has 0 aliphatic carbocycles. The molecule has 0 N–H and O–H groups in total. The first kappa shape index (κ1) is 17.9. The van der Waals surface area contributed by atoms with Crippen molar-refractivity contribution in [3.63, 3.8) is 0 Å². The van der Waals surface area contributed by atoms with Crippen LogP contribution in [0.4, 0.5) is 4.39 Å². The second-order valence-electron chi connectivity index (χ2n) is 6.58. The van der Waals surface area contributed by atoms with E-state index in [2.05, 4.69) is 0 Å². The zero-order chi connectivity index (χ0) is 20.7. The van der Waals surface area contributed by atoms with E-state index in [1.54, 1.807) is 30.3 Å². The van der Waals surface area contributed by atoms with Crippen molar-refractivity contribution in [1.82, 2.24) is 0 Å². The van der Waals surface area contributed by atoms with Gasteiger partial charge >= 0.3 is 5.97 Å². The highest BCUT2D eigenvalue weighted by molar-refractivity contribution is 6.14. The van der Waals surface area contributed by atoms with E-state index in [9.17, 15) is 14.0 Å². The minimum atomic E-state index is -0.598. The van der Waals surface area contributed by atoms with Crippen LogP contribution in [0.2, 0.25) is 0 Å². The normalized spacial score (nSPS) is 15.1. The van der Waals surface area contributed by atoms with Gasteiger partial charge < -0.3 is 18.9 Å². The van der Waals surface area contributed by atoms with Crippen molar-refractivity contribution in [2.75, 3.05) is 6.79 Å². The van der Waals surface area contributed by atoms with E-state index >= 15 is 0 Å². The summed E-state index contributed by atoms with van der Waals surface area (Å²) >= 11 is 0. The Labute approximate surface area is 170 Å². The Morgan fingerprint density at radius 2 is 1.80 bits per heavy atom. The van der Waals surface area contributed by atoms with E-state index in [1.807, 2.05) is 0 Å². The molecule has 3 aromatic carbocycles. The number of esters is 1. The van der Waals surface area contributed by atoms with E-state index in [0.717, 1.165) is 0 Å². The molecule has 0 atom stereocenters. The zero-order valence-electron chi connectivity index (χ0n) is 15.4. The lowest BCUT2D eigenvalue weighted by Crippen LogP contribution is -2.08. The van der Waals surface area contributed by atoms with Crippen molar-refractivity contribution in [3.8, 4) is 23.0 Å². The molecule has 2 aliphatic heterocycles. The van der Waals surface area contributed by atoms with Crippen LogP contribution in [0.15, 0.2) is 66.4 Å². The van der Waals surface area contributed by atoms with Crippen molar-refractivity contribution < 1.29 is 32.9 Å². The molecule has 0 radical (unpaired) electrons. The average Bonchev–Trinajstić information content (AvgIpc) is 3.33. The predicted octanol–water partition coefficient (Wildman–Crippen LogP) is 4.39. The topological polar surface area (TPSA) is 71.1 Å². The molecule has 3 aromatic rings. The van der Waals surface area contributed by atoms with Crippen LogP contribution in [0.1, 0.15) is 26.3 Å². The molecule has 2 heterocycles. The van der Waals surface area contributed by atoms with Gasteiger partial charge in [0.25, 0.3) is 0 Å². The standard InChI is InChI=1S/C23H13FO6/c24-17-4-2-1-3-13(17)9-21-22(25)16-7-6-15(11-19(16)30-21)29-23(26)14-5-8-18-20(10-14)28-12-27-18/h1-11H,12H2. The number of hydrogen-bond acceptors (Lipinski definition) is 6. The summed E-state index contributed by atoms with van der Waals surface area (Å²) in [4.78, 5) is 25.0. The summed E-state index contributed by atoms with van der Waals surface area (Å²) in [6.07, 6.45) is 1.34. The van der Waals surface area contributed by atoms with Crippen molar-refractivity contribution in [3.05, 3.63) is 88.9 Å². The Morgan fingerprint density at radius 1 is 0.967 bits per heavy atom. The SMILES string of the molecule is O=C(Oc1ccc2c(c1)OC(=Cc1ccccc1F)C2=O)c1ccc2c(c1)OCO2. The summed E-state index contributed by atoms with van der Waals surface area (Å²) in [6.45, 7) is 0.104. The van der Waals surface area contributed by atoms with Crippen molar-refractivity contribution in [2.45, 2.75) is 0 Å². The van der Waals surface area contributed by atoms with Gasteiger partial charge in [0.2, 0.25) is 12.6 Å². The third kappa shape index (κ3) is 3.16. The second-order valence-corrected chi connectivity index (χ2v) is 6.58. The first-order chi connectivity index (χ1) is 14.6. The van der Waals surface area contributed by atoms with E-state index in [4.69, 9.17) is 18.9 Å². The van der Waals surface area contributed by atoms with Gasteiger partial charge in [0.05, 0.1) is 11.1 Å². The number of benzene rings is 3. The lowest BCUT2D eigenvalue weighted by Gasteiger charge is -2.06. The number of hydrogen-bond donors (Lipinski definition) is 0. The van der Waals surface area contributed by atoms with Crippen molar-refractivity contribution in [1.29, 1.82) is 0 Å². The molecule has 0 unspecified atom stereocenters. The van der Waals surface area contributed by atoms with Gasteiger partial charge in [-0.2, -0.15) is 0 Å². The maximum Gasteiger partial charge on any atom is 0.343 e. The minimum absolute atomic E-state index is 0.00523. The Kier molecular flexibility index (Phi) is 4.21. The third-order valence-corrected chi connectivity index (χ3v) is 4.65. The van der Waals surface area contributed by atoms with Crippen LogP contribution in [0.25, 0.3) is 6.08 Å². The van der Waals surface area contributed by atoms with Crippen LogP contribution in [-0.2, 0) is 0 Å². The number of rotatable bonds is 3. The molecule has 0 amide bonds. The zero-order valence-corrected chi connectivity index (χ0v) is 15.4. The van der Waals surface area contributed by atoms with Gasteiger partial charge in [-0.25, -0.2) is 9.18 Å². The summed E-state index contributed by atoms with van der Waals surface area (Å²) < 4.78 is 35.3. The summed E-state index contributed by atoms with van der Waals surface area (Å²) in [5.41, 5.74) is 0.834. The number of fused-ring (bicyclic) bond motifs is 2. The number of halogens is 1. The van der Waals surface area contributed by atoms with E-state index in [-0.39, 0.29) is 41.0 Å². The van der Waals surface area contributed by atoms with E-state index in [1.165, 1.54) is 36.4 Å². The molecule has 30 heavy (non-hydrogen) atoms. The Morgan fingerprint density at radius 3 is 2.67 bits per heavy atom. The Bertz CT molecular complexity index is 1230. The lowest BCUT2D eigenvalue weighted by molar-refractivity contribution is 0.0734. The molecular formula is C23H13FO6. The summed E-state index contributed by atoms with van der Waals surface area (Å²) in [6, 6.07) is 15.2. The van der Waals surface area contributed by atoms with Crippen LogP contribution in [0.3, 0.4) is 0 Å². The van der Waals surface area contributed by atoms with Gasteiger partial charge in [-0.3, -0.25) is 4.79 Å². The molecule has 0 bridgehead atoms. The number of ether oxygens (including phenoxy) is 4. The molecule has 2 aliphatic rings. The monoisotopic (exact) mass is 404 g/mol. The van der Waals surface area contributed by atoms with E-state index < -0.39 is 11.8 Å². The quantitative estimate of drug-likeness (QED) is 0.366. The number of Topliss-reactive ketones (excluding diaryl/α,β-unsaturated/α-hetero) is 1. The highest BCUT2D eigenvalue weighted by Crippen LogP contribution is 2.36. The lowest BCUT2D eigenvalue weighted by atomic mass is 10.1. The maximum atomic E-state index is 13.9. The molecule has 0 aromatic heterocycles. The van der Waals surface area contributed by atoms with Gasteiger partial charge in [-0.05, 0) is 42.5 Å². The van der Waals surface area contributed by atoms with Crippen molar-refractivity contribution >= 4 is 17.8 Å². The fourth-order valence-corrected chi connectivity index (χ4v) is 3.15. The Hall–Kier alpha value is -4.13. The van der Waals surface area contributed by atoms with Crippen LogP contribution < -0.4 is 18.9 Å². The van der Waals surface area contributed by atoms with Crippen molar-refractivity contribution in [2.24, 2.45) is 0 Å². The molecule has 6 nitrogen and oxygen atoms in total. The minimum Gasteiger partial charge on any atom is -0.454 e. The largest absolute Gasteiger partial charge is 0.454 e. The van der Waals surface area contributed by atoms with Crippen LogP contribution in [0.5, 0.6) is 23.0 Å². The van der Waals surface area contributed by atoms with Gasteiger partial charge in [-0.1, -0.05) is 18.2 Å². The highest BCUT2D eigenvalue weighted by atomic mass is 19.1. The molecule has 5 rings (SSSR count). The van der Waals surface area contributed by atoms with Gasteiger partial charge in [0, 0.05) is 11.6 Å². The average molecular weight is 404 g/mol. The summed E-state index contributed by atoms with van der Waals surface area (Å²) in [5.74, 6) is 0.0296. The number of carbonyl (C=O) groups excluding carboxylic acids is 2. The molecule has 0 saturated heterocycles. The van der Waals surface area contributed by atoms with E-state index in [0.29, 0.717) is 17.1 Å². The molecule has 0 spiro atoms. The fraction of sp³-hybridized carbons (Fsp3) is 0.0435. The highest BCUT2D eigenvalue weighted by Gasteiger charge is 2.28. The molecule has 7 heteroatoms. The first-order valence-electron chi connectivity index (χ1n) is 9.03. The third-order valence-electron chi connectivity index (χ3n) is 4.65. The van der Waals surface area contributed by atoms with Crippen LogP contribution >= 0.6 is 0 Å². The second kappa shape index (κ2) is 7.04. The molecule has 0 fully saturated rings. The fourth-order valence-electron chi connectivity index (χ4n) is 3.15. The predicted molar refractivity (Wildman–Crippen MR) is 103 cm³/mol. The first-order valence-corrected chi connectivity index (χ1v) is 9.03. The maximum absolute atomic E-state index is 13.9. The van der Waals surface area contributed by atoms with Gasteiger partial charge in [0.1, 0.15) is 17.3 Å². The summed E-state index contributed by atoms with van der Waals surface area (Å²) in [5, 5.41) is 0. The smallest absolute Gasteiger partial charge is 0.343 e. The number of allylic oxidation sites excluding steroid dienone is 1. The van der Waals surface area contributed by atoms with Gasteiger partial charge in [0.15, 0.2) is 17.3 Å².